The molecule has 0 unspecified atom stereocenters. The molecule has 0 saturated heterocycles. The molecule has 0 fully saturated rings. The second-order valence-electron chi connectivity index (χ2n) is 3.41. The third-order valence-electron chi connectivity index (χ3n) is 2.16. The molecule has 0 radical (unpaired) electrons. The third-order valence-corrected chi connectivity index (χ3v) is 2.46. The number of nitrogens with zero attached hydrogens (tertiary/aromatic N) is 2. The van der Waals surface area contributed by atoms with Gasteiger partial charge in [-0.25, -0.2) is 4.68 Å². The van der Waals surface area contributed by atoms with Crippen molar-refractivity contribution in [2.24, 2.45) is 0 Å². The van der Waals surface area contributed by atoms with Crippen LogP contribution in [0.5, 0.6) is 0 Å². The zero-order valence-corrected chi connectivity index (χ0v) is 9.68. The largest absolute Gasteiger partial charge is 0.481 e. The van der Waals surface area contributed by atoms with Crippen molar-refractivity contribution in [1.29, 1.82) is 0 Å². The Kier molecular flexibility index (Phi) is 3.34. The van der Waals surface area contributed by atoms with Crippen LogP contribution in [0.1, 0.15) is 6.42 Å². The summed E-state index contributed by atoms with van der Waals surface area (Å²) in [7, 11) is 0. The maximum absolute atomic E-state index is 10.5. The molecule has 1 heterocycles. The van der Waals surface area contributed by atoms with Crippen molar-refractivity contribution in [3.8, 4) is 11.5 Å². The van der Waals surface area contributed by atoms with Gasteiger partial charge >= 0.3 is 5.97 Å². The number of carboxylic acids is 1. The summed E-state index contributed by atoms with van der Waals surface area (Å²) in [6, 6.07) is 9.32. The van der Waals surface area contributed by atoms with E-state index in [0.29, 0.717) is 5.89 Å². The van der Waals surface area contributed by atoms with Gasteiger partial charge in [-0.1, -0.05) is 18.2 Å². The summed E-state index contributed by atoms with van der Waals surface area (Å²) >= 11 is 4.97. The Labute approximate surface area is 102 Å². The quantitative estimate of drug-likeness (QED) is 0.843. The molecule has 0 atom stereocenters. The van der Waals surface area contributed by atoms with Crippen LogP contribution in [-0.2, 0) is 11.3 Å². The number of carbonyl (C=O) groups is 1. The molecule has 17 heavy (non-hydrogen) atoms. The number of hydrogen-bond donors (Lipinski definition) is 1. The zero-order valence-electron chi connectivity index (χ0n) is 8.87. The molecule has 2 aromatic rings. The highest BCUT2D eigenvalue weighted by molar-refractivity contribution is 7.71. The van der Waals surface area contributed by atoms with Gasteiger partial charge in [0.1, 0.15) is 0 Å². The standard InChI is InChI=1S/C11H10N2O3S/c14-9(15)6-7-13-11(17)16-10(12-13)8-4-2-1-3-5-8/h1-5H,6-7H2,(H,14,15). The monoisotopic (exact) mass is 250 g/mol. The van der Waals surface area contributed by atoms with E-state index >= 15 is 0 Å². The lowest BCUT2D eigenvalue weighted by molar-refractivity contribution is -0.137. The van der Waals surface area contributed by atoms with Crippen molar-refractivity contribution < 1.29 is 14.3 Å². The number of aliphatic carboxylic acids is 1. The van der Waals surface area contributed by atoms with Crippen molar-refractivity contribution in [2.45, 2.75) is 13.0 Å². The average molecular weight is 250 g/mol. The molecule has 2 rings (SSSR count). The fourth-order valence-corrected chi connectivity index (χ4v) is 1.56. The van der Waals surface area contributed by atoms with Gasteiger partial charge < -0.3 is 9.52 Å². The molecule has 1 N–H and O–H groups in total. The van der Waals surface area contributed by atoms with Crippen LogP contribution in [0, 0.1) is 4.84 Å². The Hall–Kier alpha value is -1.95. The molecule has 0 spiro atoms. The topological polar surface area (TPSA) is 68.3 Å². The van der Waals surface area contributed by atoms with Crippen molar-refractivity contribution in [3.05, 3.63) is 35.2 Å². The van der Waals surface area contributed by atoms with Gasteiger partial charge in [-0.15, -0.1) is 5.10 Å². The molecule has 1 aromatic carbocycles. The number of benzene rings is 1. The van der Waals surface area contributed by atoms with Crippen LogP contribution < -0.4 is 0 Å². The van der Waals surface area contributed by atoms with E-state index in [1.807, 2.05) is 30.3 Å². The summed E-state index contributed by atoms with van der Waals surface area (Å²) in [6.45, 7) is 0.213. The van der Waals surface area contributed by atoms with Crippen LogP contribution in [-0.4, -0.2) is 20.9 Å². The van der Waals surface area contributed by atoms with Crippen LogP contribution in [0.3, 0.4) is 0 Å². The number of hydrogen-bond acceptors (Lipinski definition) is 4. The maximum Gasteiger partial charge on any atom is 0.305 e. The van der Waals surface area contributed by atoms with Crippen LogP contribution in [0.15, 0.2) is 34.7 Å². The SMILES string of the molecule is O=C(O)CCn1nc(-c2ccccc2)oc1=S. The van der Waals surface area contributed by atoms with E-state index in [-0.39, 0.29) is 17.8 Å². The first-order chi connectivity index (χ1) is 8.16. The van der Waals surface area contributed by atoms with Crippen LogP contribution >= 0.6 is 12.2 Å². The van der Waals surface area contributed by atoms with Crippen LogP contribution in [0.2, 0.25) is 0 Å². The van der Waals surface area contributed by atoms with Gasteiger partial charge in [0, 0.05) is 5.56 Å². The van der Waals surface area contributed by atoms with Crippen molar-refractivity contribution in [3.63, 3.8) is 0 Å². The van der Waals surface area contributed by atoms with E-state index in [1.54, 1.807) is 0 Å². The fourth-order valence-electron chi connectivity index (χ4n) is 1.35. The Bertz CT molecular complexity index is 574. The Morgan fingerprint density at radius 3 is 2.76 bits per heavy atom. The smallest absolute Gasteiger partial charge is 0.305 e. The van der Waals surface area contributed by atoms with Crippen molar-refractivity contribution in [1.82, 2.24) is 9.78 Å². The van der Waals surface area contributed by atoms with E-state index in [1.165, 1.54) is 4.68 Å². The molecule has 0 aliphatic rings. The molecule has 6 heteroatoms. The minimum atomic E-state index is -0.892. The molecule has 0 aliphatic carbocycles. The lowest BCUT2D eigenvalue weighted by Gasteiger charge is -1.94. The van der Waals surface area contributed by atoms with Crippen LogP contribution in [0.25, 0.3) is 11.5 Å². The molecule has 0 amide bonds. The molecule has 0 saturated carbocycles. The molecule has 5 nitrogen and oxygen atoms in total. The molecule has 88 valence electrons. The van der Waals surface area contributed by atoms with Gasteiger partial charge in [-0.2, -0.15) is 0 Å². The summed E-state index contributed by atoms with van der Waals surface area (Å²) in [6.07, 6.45) is -0.0327. The Morgan fingerprint density at radius 1 is 1.41 bits per heavy atom. The predicted octanol–water partition coefficient (Wildman–Crippen LogP) is 2.35. The molecule has 0 aliphatic heterocycles. The van der Waals surface area contributed by atoms with Crippen LogP contribution in [0.4, 0.5) is 0 Å². The van der Waals surface area contributed by atoms with Gasteiger partial charge in [0.25, 0.3) is 4.84 Å². The van der Waals surface area contributed by atoms with Crippen molar-refractivity contribution >= 4 is 18.2 Å². The third kappa shape index (κ3) is 2.79. The normalized spacial score (nSPS) is 10.4. The number of aromatic nitrogens is 2. The van der Waals surface area contributed by atoms with E-state index < -0.39 is 5.97 Å². The van der Waals surface area contributed by atoms with Gasteiger partial charge in [-0.05, 0) is 24.4 Å². The number of carboxylic acid groups (broad SMARTS) is 1. The van der Waals surface area contributed by atoms with E-state index in [4.69, 9.17) is 21.7 Å². The highest BCUT2D eigenvalue weighted by Crippen LogP contribution is 2.16. The molecule has 1 aromatic heterocycles. The Morgan fingerprint density at radius 2 is 2.12 bits per heavy atom. The first-order valence-electron chi connectivity index (χ1n) is 5.02. The number of rotatable bonds is 4. The maximum atomic E-state index is 10.5. The van der Waals surface area contributed by atoms with Gasteiger partial charge in [0.2, 0.25) is 5.89 Å². The van der Waals surface area contributed by atoms with E-state index in [9.17, 15) is 4.79 Å². The summed E-state index contributed by atoms with van der Waals surface area (Å²) in [5, 5.41) is 12.7. The molecular formula is C11H10N2O3S. The average Bonchev–Trinajstić information content (AvgIpc) is 2.69. The molecule has 0 bridgehead atoms. The van der Waals surface area contributed by atoms with E-state index in [2.05, 4.69) is 5.10 Å². The predicted molar refractivity (Wildman–Crippen MR) is 63.0 cm³/mol. The first-order valence-corrected chi connectivity index (χ1v) is 5.43. The summed E-state index contributed by atoms with van der Waals surface area (Å²) < 4.78 is 6.69. The molecular weight excluding hydrogens is 240 g/mol. The van der Waals surface area contributed by atoms with Gasteiger partial charge in [0.05, 0.1) is 13.0 Å². The highest BCUT2D eigenvalue weighted by atomic mass is 32.1. The summed E-state index contributed by atoms with van der Waals surface area (Å²) in [5.74, 6) is -0.489. The minimum absolute atomic E-state index is 0.0327. The Balaban J connectivity index is 2.25. The summed E-state index contributed by atoms with van der Waals surface area (Å²) in [5.41, 5.74) is 0.813. The van der Waals surface area contributed by atoms with Crippen molar-refractivity contribution in [2.75, 3.05) is 0 Å². The van der Waals surface area contributed by atoms with Gasteiger partial charge in [0.15, 0.2) is 0 Å². The number of aryl methyl sites for hydroxylation is 1. The fraction of sp³-hybridized carbons (Fsp3) is 0.182. The lowest BCUT2D eigenvalue weighted by atomic mass is 10.2. The highest BCUT2D eigenvalue weighted by Gasteiger charge is 2.08. The van der Waals surface area contributed by atoms with Gasteiger partial charge in [-0.3, -0.25) is 4.79 Å². The second-order valence-corrected chi connectivity index (χ2v) is 3.76. The first kappa shape index (κ1) is 11.5. The second kappa shape index (κ2) is 4.92. The zero-order chi connectivity index (χ0) is 12.3. The lowest BCUT2D eigenvalue weighted by Crippen LogP contribution is -2.05. The summed E-state index contributed by atoms with van der Waals surface area (Å²) in [4.78, 5) is 10.6. The minimum Gasteiger partial charge on any atom is -0.481 e. The van der Waals surface area contributed by atoms with E-state index in [0.717, 1.165) is 5.56 Å².